The average Bonchev–Trinajstić information content (AvgIpc) is 3.11. The molecule has 0 aromatic carbocycles. The van der Waals surface area contributed by atoms with Crippen LogP contribution in [-0.2, 0) is 6.54 Å². The molecule has 32 heavy (non-hydrogen) atoms. The third-order valence-corrected chi connectivity index (χ3v) is 6.02. The molecule has 10 nitrogen and oxygen atoms in total. The summed E-state index contributed by atoms with van der Waals surface area (Å²) in [4.78, 5) is 30.8. The van der Waals surface area contributed by atoms with Crippen molar-refractivity contribution in [3.63, 3.8) is 0 Å². The van der Waals surface area contributed by atoms with Crippen LogP contribution < -0.4 is 26.8 Å². The standard InChI is InChI=1S/C22H32N8O2/c1-2-3-12-32-21-27-19(24)18-20(28-21)30(22(31)26-18)14-16-4-5-17(25-13-16)29-10-7-15(6-9-23)8-11-29/h4-5,13,15H,2-3,6-12,14,23H2,1H3,(H,26,31)(H2,24,27,28). The number of ether oxygens (including phenoxy) is 1. The van der Waals surface area contributed by atoms with Gasteiger partial charge in [0.2, 0.25) is 0 Å². The summed E-state index contributed by atoms with van der Waals surface area (Å²) >= 11 is 0. The predicted molar refractivity (Wildman–Crippen MR) is 125 cm³/mol. The molecule has 10 heteroatoms. The predicted octanol–water partition coefficient (Wildman–Crippen LogP) is 1.89. The molecular formula is C22H32N8O2. The third kappa shape index (κ3) is 4.85. The van der Waals surface area contributed by atoms with E-state index in [1.807, 2.05) is 18.3 Å². The number of unbranched alkanes of at least 4 members (excludes halogenated alkanes) is 1. The van der Waals surface area contributed by atoms with Gasteiger partial charge in [-0.15, -0.1) is 0 Å². The van der Waals surface area contributed by atoms with E-state index < -0.39 is 0 Å². The molecule has 4 heterocycles. The van der Waals surface area contributed by atoms with Crippen molar-refractivity contribution < 1.29 is 4.74 Å². The molecule has 0 radical (unpaired) electrons. The van der Waals surface area contributed by atoms with E-state index in [0.717, 1.165) is 69.0 Å². The maximum absolute atomic E-state index is 12.6. The van der Waals surface area contributed by atoms with Crippen molar-refractivity contribution in [3.05, 3.63) is 34.4 Å². The molecule has 0 saturated carbocycles. The summed E-state index contributed by atoms with van der Waals surface area (Å²) in [7, 11) is 0. The number of H-pyrrole nitrogens is 1. The average molecular weight is 441 g/mol. The molecule has 4 rings (SSSR count). The lowest BCUT2D eigenvalue weighted by atomic mass is 9.94. The number of hydrogen-bond acceptors (Lipinski definition) is 8. The summed E-state index contributed by atoms with van der Waals surface area (Å²) in [5, 5.41) is 0. The first-order valence-electron chi connectivity index (χ1n) is 11.4. The summed E-state index contributed by atoms with van der Waals surface area (Å²) in [6, 6.07) is 4.20. The maximum Gasteiger partial charge on any atom is 0.328 e. The molecule has 1 saturated heterocycles. The van der Waals surface area contributed by atoms with Gasteiger partial charge in [0.1, 0.15) is 11.3 Å². The van der Waals surface area contributed by atoms with Crippen LogP contribution in [0.2, 0.25) is 0 Å². The Bertz CT molecular complexity index is 1080. The summed E-state index contributed by atoms with van der Waals surface area (Å²) in [5.74, 6) is 1.88. The van der Waals surface area contributed by atoms with E-state index in [1.54, 1.807) is 0 Å². The minimum absolute atomic E-state index is 0.183. The van der Waals surface area contributed by atoms with Gasteiger partial charge in [0.25, 0.3) is 0 Å². The molecule has 1 aliphatic heterocycles. The van der Waals surface area contributed by atoms with E-state index in [9.17, 15) is 4.79 Å². The second kappa shape index (κ2) is 9.99. The number of nitrogen functional groups attached to an aromatic ring is 1. The number of pyridine rings is 1. The lowest BCUT2D eigenvalue weighted by Gasteiger charge is -2.32. The first-order valence-corrected chi connectivity index (χ1v) is 11.4. The van der Waals surface area contributed by atoms with Gasteiger partial charge in [-0.25, -0.2) is 9.78 Å². The Kier molecular flexibility index (Phi) is 6.89. The Morgan fingerprint density at radius 3 is 2.75 bits per heavy atom. The summed E-state index contributed by atoms with van der Waals surface area (Å²) in [5.41, 5.74) is 13.2. The second-order valence-corrected chi connectivity index (χ2v) is 8.34. The van der Waals surface area contributed by atoms with Gasteiger partial charge < -0.3 is 26.1 Å². The highest BCUT2D eigenvalue weighted by molar-refractivity contribution is 5.81. The number of aromatic amines is 1. The number of nitrogens with zero attached hydrogens (tertiary/aromatic N) is 5. The fourth-order valence-corrected chi connectivity index (χ4v) is 4.12. The first-order chi connectivity index (χ1) is 15.6. The van der Waals surface area contributed by atoms with Crippen LogP contribution in [0.3, 0.4) is 0 Å². The van der Waals surface area contributed by atoms with Gasteiger partial charge in [0.05, 0.1) is 13.2 Å². The highest BCUT2D eigenvalue weighted by Crippen LogP contribution is 2.24. The van der Waals surface area contributed by atoms with Crippen LogP contribution in [0.25, 0.3) is 11.2 Å². The van der Waals surface area contributed by atoms with Crippen molar-refractivity contribution >= 4 is 22.8 Å². The molecule has 3 aromatic heterocycles. The molecule has 0 aliphatic carbocycles. The molecule has 0 amide bonds. The van der Waals surface area contributed by atoms with Crippen molar-refractivity contribution in [2.24, 2.45) is 11.7 Å². The van der Waals surface area contributed by atoms with Crippen molar-refractivity contribution in [1.82, 2.24) is 24.5 Å². The first kappa shape index (κ1) is 22.1. The minimum atomic E-state index is -0.294. The quantitative estimate of drug-likeness (QED) is 0.428. The lowest BCUT2D eigenvalue weighted by Crippen LogP contribution is -2.34. The van der Waals surface area contributed by atoms with Crippen molar-refractivity contribution in [3.8, 4) is 6.01 Å². The Balaban J connectivity index is 1.49. The van der Waals surface area contributed by atoms with Gasteiger partial charge in [-0.1, -0.05) is 19.4 Å². The van der Waals surface area contributed by atoms with Crippen LogP contribution in [0.1, 0.15) is 44.6 Å². The SMILES string of the molecule is CCCCOc1nc(N)c2[nH]c(=O)n(Cc3ccc(N4CCC(CCN)CC4)nc3)c2n1. The van der Waals surface area contributed by atoms with E-state index >= 15 is 0 Å². The Morgan fingerprint density at radius 1 is 1.25 bits per heavy atom. The summed E-state index contributed by atoms with van der Waals surface area (Å²) in [6.07, 6.45) is 7.10. The number of fused-ring (bicyclic) bond motifs is 1. The van der Waals surface area contributed by atoms with E-state index in [0.29, 0.717) is 24.3 Å². The van der Waals surface area contributed by atoms with Crippen LogP contribution in [0.15, 0.2) is 23.1 Å². The monoisotopic (exact) mass is 440 g/mol. The Hall–Kier alpha value is -3.14. The molecule has 1 aliphatic rings. The zero-order valence-electron chi connectivity index (χ0n) is 18.6. The molecular weight excluding hydrogens is 408 g/mol. The minimum Gasteiger partial charge on any atom is -0.463 e. The molecule has 0 spiro atoms. The Labute approximate surface area is 187 Å². The van der Waals surface area contributed by atoms with Gasteiger partial charge in [0, 0.05) is 19.3 Å². The van der Waals surface area contributed by atoms with Crippen molar-refractivity contribution in [1.29, 1.82) is 0 Å². The number of anilines is 2. The lowest BCUT2D eigenvalue weighted by molar-refractivity contribution is 0.286. The van der Waals surface area contributed by atoms with E-state index in [-0.39, 0.29) is 17.5 Å². The van der Waals surface area contributed by atoms with Crippen LogP contribution in [0.4, 0.5) is 11.6 Å². The van der Waals surface area contributed by atoms with E-state index in [4.69, 9.17) is 16.2 Å². The van der Waals surface area contributed by atoms with Gasteiger partial charge in [0.15, 0.2) is 11.5 Å². The normalized spacial score (nSPS) is 14.9. The number of rotatable bonds is 9. The van der Waals surface area contributed by atoms with Crippen LogP contribution >= 0.6 is 0 Å². The number of nitrogens with one attached hydrogen (secondary N) is 1. The number of piperidine rings is 1. The van der Waals surface area contributed by atoms with Gasteiger partial charge in [-0.05, 0) is 49.8 Å². The largest absolute Gasteiger partial charge is 0.463 e. The van der Waals surface area contributed by atoms with Gasteiger partial charge in [-0.3, -0.25) is 4.57 Å². The maximum atomic E-state index is 12.6. The van der Waals surface area contributed by atoms with E-state index in [1.165, 1.54) is 4.57 Å². The van der Waals surface area contributed by atoms with Crippen molar-refractivity contribution in [2.45, 2.75) is 45.6 Å². The number of aromatic nitrogens is 5. The second-order valence-electron chi connectivity index (χ2n) is 8.34. The van der Waals surface area contributed by atoms with Crippen molar-refractivity contribution in [2.75, 3.05) is 36.9 Å². The number of nitrogens with two attached hydrogens (primary N) is 2. The van der Waals surface area contributed by atoms with Gasteiger partial charge in [-0.2, -0.15) is 9.97 Å². The fraction of sp³-hybridized carbons (Fsp3) is 0.545. The topological polar surface area (TPSA) is 141 Å². The van der Waals surface area contributed by atoms with Gasteiger partial charge >= 0.3 is 11.7 Å². The summed E-state index contributed by atoms with van der Waals surface area (Å²) < 4.78 is 7.14. The highest BCUT2D eigenvalue weighted by Gasteiger charge is 2.20. The molecule has 1 fully saturated rings. The molecule has 5 N–H and O–H groups in total. The third-order valence-electron chi connectivity index (χ3n) is 6.02. The molecule has 0 bridgehead atoms. The van der Waals surface area contributed by atoms with E-state index in [2.05, 4.69) is 31.8 Å². The zero-order chi connectivity index (χ0) is 22.5. The fourth-order valence-electron chi connectivity index (χ4n) is 4.12. The Morgan fingerprint density at radius 2 is 2.06 bits per heavy atom. The van der Waals surface area contributed by atoms with Crippen LogP contribution in [0.5, 0.6) is 6.01 Å². The van der Waals surface area contributed by atoms with Crippen LogP contribution in [0, 0.1) is 5.92 Å². The molecule has 3 aromatic rings. The molecule has 0 atom stereocenters. The number of hydrogen-bond donors (Lipinski definition) is 3. The molecule has 0 unspecified atom stereocenters. The zero-order valence-corrected chi connectivity index (χ0v) is 18.6. The molecule has 172 valence electrons. The number of imidazole rings is 1. The summed E-state index contributed by atoms with van der Waals surface area (Å²) in [6.45, 7) is 5.66. The smallest absolute Gasteiger partial charge is 0.328 e. The van der Waals surface area contributed by atoms with Crippen LogP contribution in [-0.4, -0.2) is 50.7 Å². The highest BCUT2D eigenvalue weighted by atomic mass is 16.5.